The van der Waals surface area contributed by atoms with Gasteiger partial charge in [0.1, 0.15) is 30.5 Å². The number of hydrogen-bond donors (Lipinski definition) is 3. The van der Waals surface area contributed by atoms with E-state index in [1.807, 2.05) is 6.92 Å². The lowest BCUT2D eigenvalue weighted by atomic mass is 9.94. The Bertz CT molecular complexity index is 366. The van der Waals surface area contributed by atoms with Gasteiger partial charge < -0.3 is 39.0 Å². The van der Waals surface area contributed by atoms with Crippen molar-refractivity contribution in [2.24, 2.45) is 0 Å². The first-order valence-electron chi connectivity index (χ1n) is 7.16. The van der Waals surface area contributed by atoms with Gasteiger partial charge in [0.25, 0.3) is 0 Å². The van der Waals surface area contributed by atoms with Gasteiger partial charge in [0.2, 0.25) is 0 Å². The van der Waals surface area contributed by atoms with Crippen LogP contribution in [-0.2, 0) is 23.7 Å². The van der Waals surface area contributed by atoms with E-state index < -0.39 is 43.6 Å². The summed E-state index contributed by atoms with van der Waals surface area (Å²) in [6.07, 6.45) is -5.76. The van der Waals surface area contributed by atoms with Crippen LogP contribution >= 0.6 is 0 Å². The molecule has 0 aromatic carbocycles. The molecule has 9 unspecified atom stereocenters. The van der Waals surface area contributed by atoms with Crippen molar-refractivity contribution in [2.45, 2.75) is 68.7 Å². The molecule has 0 radical (unpaired) electrons. The monoisotopic (exact) mass is 306 g/mol. The predicted octanol–water partition coefficient (Wildman–Crippen LogP) is -1.64. The molecule has 3 aliphatic rings. The fourth-order valence-corrected chi connectivity index (χ4v) is 3.15. The van der Waals surface area contributed by atoms with Gasteiger partial charge in [0, 0.05) is 13.5 Å². The molecule has 0 amide bonds. The molecule has 21 heavy (non-hydrogen) atoms. The summed E-state index contributed by atoms with van der Waals surface area (Å²) < 4.78 is 28.0. The smallest absolute Gasteiger partial charge is 0.187 e. The van der Waals surface area contributed by atoms with Crippen LogP contribution in [0.4, 0.5) is 0 Å². The Balaban J connectivity index is 1.74. The van der Waals surface area contributed by atoms with E-state index in [1.54, 1.807) is 7.11 Å². The highest BCUT2D eigenvalue weighted by atomic mass is 16.8. The van der Waals surface area contributed by atoms with Crippen LogP contribution in [0.5, 0.6) is 0 Å². The number of hydrogen-bond acceptors (Lipinski definition) is 8. The maximum Gasteiger partial charge on any atom is 0.187 e. The third kappa shape index (κ3) is 2.71. The highest BCUT2D eigenvalue weighted by molar-refractivity contribution is 4.96. The Kier molecular flexibility index (Phi) is 4.49. The molecule has 0 aliphatic carbocycles. The molecule has 3 aliphatic heterocycles. The van der Waals surface area contributed by atoms with Crippen LogP contribution in [0.3, 0.4) is 0 Å². The second-order valence-corrected chi connectivity index (χ2v) is 5.69. The summed E-state index contributed by atoms with van der Waals surface area (Å²) in [5.74, 6) is 0. The molecule has 3 saturated heterocycles. The molecular formula is C13H22O8. The first kappa shape index (κ1) is 15.6. The number of ether oxygens (including phenoxy) is 5. The summed E-state index contributed by atoms with van der Waals surface area (Å²) in [5, 5.41) is 29.2. The van der Waals surface area contributed by atoms with Crippen LogP contribution in [0.1, 0.15) is 13.3 Å². The van der Waals surface area contributed by atoms with Gasteiger partial charge in [-0.25, -0.2) is 0 Å². The molecule has 3 N–H and O–H groups in total. The van der Waals surface area contributed by atoms with Crippen molar-refractivity contribution in [3.8, 4) is 0 Å². The van der Waals surface area contributed by atoms with Crippen molar-refractivity contribution < 1.29 is 39.0 Å². The first-order valence-corrected chi connectivity index (χ1v) is 7.16. The summed E-state index contributed by atoms with van der Waals surface area (Å²) >= 11 is 0. The van der Waals surface area contributed by atoms with E-state index in [0.29, 0.717) is 6.42 Å². The van der Waals surface area contributed by atoms with Crippen molar-refractivity contribution in [3.63, 3.8) is 0 Å². The Morgan fingerprint density at radius 1 is 1.05 bits per heavy atom. The van der Waals surface area contributed by atoms with Crippen LogP contribution in [0.15, 0.2) is 0 Å². The molecule has 0 saturated carbocycles. The summed E-state index contributed by atoms with van der Waals surface area (Å²) in [6, 6.07) is 0. The largest absolute Gasteiger partial charge is 0.394 e. The lowest BCUT2D eigenvalue weighted by Gasteiger charge is -2.51. The minimum atomic E-state index is -1.22. The van der Waals surface area contributed by atoms with Crippen molar-refractivity contribution in [3.05, 3.63) is 0 Å². The molecule has 0 spiro atoms. The Morgan fingerprint density at radius 3 is 2.48 bits per heavy atom. The fourth-order valence-electron chi connectivity index (χ4n) is 3.15. The van der Waals surface area contributed by atoms with Crippen molar-refractivity contribution >= 4 is 0 Å². The van der Waals surface area contributed by atoms with Crippen LogP contribution in [-0.4, -0.2) is 84.3 Å². The van der Waals surface area contributed by atoms with E-state index in [4.69, 9.17) is 23.7 Å². The minimum Gasteiger partial charge on any atom is -0.394 e. The first-order chi connectivity index (χ1) is 10.0. The van der Waals surface area contributed by atoms with E-state index in [0.717, 1.165) is 0 Å². The van der Waals surface area contributed by atoms with Gasteiger partial charge in [-0.15, -0.1) is 0 Å². The van der Waals surface area contributed by atoms with E-state index >= 15 is 0 Å². The number of rotatable bonds is 2. The van der Waals surface area contributed by atoms with Crippen molar-refractivity contribution in [2.75, 3.05) is 13.7 Å². The zero-order chi connectivity index (χ0) is 15.1. The topological polar surface area (TPSA) is 107 Å². The van der Waals surface area contributed by atoms with Crippen LogP contribution < -0.4 is 0 Å². The second kappa shape index (κ2) is 6.05. The maximum atomic E-state index is 10.1. The summed E-state index contributed by atoms with van der Waals surface area (Å²) in [5.41, 5.74) is 0. The average Bonchev–Trinajstić information content (AvgIpc) is 2.49. The minimum absolute atomic E-state index is 0.255. The van der Waals surface area contributed by atoms with Gasteiger partial charge in [-0.05, 0) is 6.92 Å². The number of methoxy groups -OCH3 is 1. The van der Waals surface area contributed by atoms with Gasteiger partial charge >= 0.3 is 0 Å². The molecule has 8 nitrogen and oxygen atoms in total. The van der Waals surface area contributed by atoms with E-state index in [2.05, 4.69) is 0 Å². The molecule has 0 bridgehead atoms. The fraction of sp³-hybridized carbons (Fsp3) is 1.00. The number of aliphatic hydroxyl groups is 3. The Hall–Kier alpha value is -0.320. The Morgan fingerprint density at radius 2 is 1.81 bits per heavy atom. The maximum absolute atomic E-state index is 10.1. The molecule has 3 rings (SSSR count). The van der Waals surface area contributed by atoms with Crippen LogP contribution in [0, 0.1) is 0 Å². The normalized spacial score (nSPS) is 53.9. The van der Waals surface area contributed by atoms with E-state index in [9.17, 15) is 15.3 Å². The van der Waals surface area contributed by atoms with Crippen molar-refractivity contribution in [1.82, 2.24) is 0 Å². The summed E-state index contributed by atoms with van der Waals surface area (Å²) in [4.78, 5) is 0. The van der Waals surface area contributed by atoms with E-state index in [-0.39, 0.29) is 18.3 Å². The van der Waals surface area contributed by atoms with Crippen molar-refractivity contribution in [1.29, 1.82) is 0 Å². The zero-order valence-electron chi connectivity index (χ0n) is 12.0. The molecule has 8 heteroatoms. The molecule has 3 fully saturated rings. The highest BCUT2D eigenvalue weighted by Crippen LogP contribution is 2.36. The predicted molar refractivity (Wildman–Crippen MR) is 67.3 cm³/mol. The summed E-state index contributed by atoms with van der Waals surface area (Å²) in [6.45, 7) is 1.45. The average molecular weight is 306 g/mol. The van der Waals surface area contributed by atoms with Crippen LogP contribution in [0.25, 0.3) is 0 Å². The Labute approximate surface area is 122 Å². The lowest BCUT2D eigenvalue weighted by Crippen LogP contribution is -2.67. The van der Waals surface area contributed by atoms with Gasteiger partial charge in [0.15, 0.2) is 12.6 Å². The number of aliphatic hydroxyl groups excluding tert-OH is 3. The molecule has 3 heterocycles. The summed E-state index contributed by atoms with van der Waals surface area (Å²) in [7, 11) is 1.55. The van der Waals surface area contributed by atoms with Crippen LogP contribution in [0.2, 0.25) is 0 Å². The molecule has 122 valence electrons. The van der Waals surface area contributed by atoms with Gasteiger partial charge in [-0.2, -0.15) is 0 Å². The molecule has 0 aromatic heterocycles. The molecule has 9 atom stereocenters. The quantitative estimate of drug-likeness (QED) is 0.558. The molecule has 0 aromatic rings. The molecular weight excluding hydrogens is 284 g/mol. The lowest BCUT2D eigenvalue weighted by molar-refractivity contribution is -0.394. The third-order valence-corrected chi connectivity index (χ3v) is 4.33. The zero-order valence-corrected chi connectivity index (χ0v) is 12.0. The van der Waals surface area contributed by atoms with E-state index in [1.165, 1.54) is 0 Å². The van der Waals surface area contributed by atoms with Gasteiger partial charge in [0.05, 0.1) is 18.8 Å². The second-order valence-electron chi connectivity index (χ2n) is 5.69. The van der Waals surface area contributed by atoms with Gasteiger partial charge in [-0.3, -0.25) is 0 Å². The highest BCUT2D eigenvalue weighted by Gasteiger charge is 2.54. The number of fused-ring (bicyclic) bond motifs is 2. The SMILES string of the molecule is COC1CC2OC3C(OC(CO)C(O)C3O)OC2C(C)O1. The standard InChI is InChI=1S/C13H22O8/c1-5-11-6(3-8(17-2)18-5)19-12-10(16)9(15)7(4-14)20-13(12)21-11/h5-16H,3-4H2,1-2H3. The van der Waals surface area contributed by atoms with Gasteiger partial charge in [-0.1, -0.05) is 0 Å². The third-order valence-electron chi connectivity index (χ3n) is 4.33.